The third-order valence-corrected chi connectivity index (χ3v) is 4.20. The van der Waals surface area contributed by atoms with E-state index >= 15 is 0 Å². The number of nitrogens with one attached hydrogen (secondary N) is 1. The number of amides is 1. The third-order valence-electron chi connectivity index (χ3n) is 4.20. The van der Waals surface area contributed by atoms with Crippen LogP contribution in [-0.4, -0.2) is 10.5 Å². The highest BCUT2D eigenvalue weighted by molar-refractivity contribution is 6.01. The van der Waals surface area contributed by atoms with Crippen molar-refractivity contribution in [3.63, 3.8) is 0 Å². The molecule has 1 amide bonds. The minimum absolute atomic E-state index is 0.240. The number of aromatic nitrogens is 1. The van der Waals surface area contributed by atoms with Gasteiger partial charge in [-0.3, -0.25) is 4.79 Å². The van der Waals surface area contributed by atoms with Crippen LogP contribution in [0.5, 0.6) is 0 Å². The Kier molecular flexibility index (Phi) is 5.03. The first kappa shape index (κ1) is 17.7. The van der Waals surface area contributed by atoms with Crippen LogP contribution in [0.2, 0.25) is 0 Å². The molecular weight excluding hydrogens is 327 g/mol. The lowest BCUT2D eigenvalue weighted by Crippen LogP contribution is -2.07. The van der Waals surface area contributed by atoms with Crippen LogP contribution in [0, 0.1) is 5.82 Å². The predicted octanol–water partition coefficient (Wildman–Crippen LogP) is 5.66. The van der Waals surface area contributed by atoms with Crippen LogP contribution in [0.1, 0.15) is 31.0 Å². The Morgan fingerprint density at radius 2 is 1.88 bits per heavy atom. The summed E-state index contributed by atoms with van der Waals surface area (Å²) in [6.45, 7) is 7.73. The quantitative estimate of drug-likeness (QED) is 0.593. The number of hydrogen-bond acceptors (Lipinski definition) is 1. The van der Waals surface area contributed by atoms with Crippen LogP contribution in [0.3, 0.4) is 0 Å². The van der Waals surface area contributed by atoms with Crippen molar-refractivity contribution in [1.82, 2.24) is 4.57 Å². The molecule has 1 heterocycles. The van der Waals surface area contributed by atoms with Gasteiger partial charge in [-0.25, -0.2) is 4.39 Å². The van der Waals surface area contributed by atoms with E-state index in [-0.39, 0.29) is 11.7 Å². The van der Waals surface area contributed by atoms with Gasteiger partial charge < -0.3 is 9.88 Å². The van der Waals surface area contributed by atoms with Gasteiger partial charge in [-0.2, -0.15) is 0 Å². The van der Waals surface area contributed by atoms with E-state index in [1.165, 1.54) is 18.2 Å². The molecule has 1 N–H and O–H groups in total. The summed E-state index contributed by atoms with van der Waals surface area (Å²) in [6.07, 6.45) is 7.30. The van der Waals surface area contributed by atoms with Gasteiger partial charge in [-0.15, -0.1) is 0 Å². The summed E-state index contributed by atoms with van der Waals surface area (Å²) >= 11 is 0. The standard InChI is InChI=1S/C22H21FN2O/c1-4-22(26)24-19-11-12-21-20(13-19)17(14-25(21)15(2)3)8-5-16-6-9-18(23)10-7-16/h4-15H,1H2,2-3H3,(H,24,26). The molecule has 3 rings (SSSR count). The molecule has 0 aliphatic heterocycles. The highest BCUT2D eigenvalue weighted by atomic mass is 19.1. The van der Waals surface area contributed by atoms with Crippen LogP contribution in [0.4, 0.5) is 10.1 Å². The minimum Gasteiger partial charge on any atom is -0.344 e. The van der Waals surface area contributed by atoms with E-state index < -0.39 is 0 Å². The first-order valence-corrected chi connectivity index (χ1v) is 8.49. The van der Waals surface area contributed by atoms with Crippen LogP contribution in [-0.2, 0) is 4.79 Å². The molecule has 0 aliphatic carbocycles. The second-order valence-corrected chi connectivity index (χ2v) is 6.40. The fourth-order valence-electron chi connectivity index (χ4n) is 2.87. The van der Waals surface area contributed by atoms with E-state index in [1.807, 2.05) is 30.4 Å². The molecule has 0 spiro atoms. The number of benzene rings is 2. The minimum atomic E-state index is -0.249. The van der Waals surface area contributed by atoms with Gasteiger partial charge in [0.05, 0.1) is 0 Å². The van der Waals surface area contributed by atoms with Gasteiger partial charge in [0.25, 0.3) is 0 Å². The van der Waals surface area contributed by atoms with Gasteiger partial charge >= 0.3 is 0 Å². The molecule has 132 valence electrons. The van der Waals surface area contributed by atoms with Gasteiger partial charge in [0, 0.05) is 34.4 Å². The van der Waals surface area contributed by atoms with Crippen molar-refractivity contribution in [2.45, 2.75) is 19.9 Å². The zero-order valence-corrected chi connectivity index (χ0v) is 14.9. The van der Waals surface area contributed by atoms with Crippen molar-refractivity contribution in [2.24, 2.45) is 0 Å². The molecule has 2 aromatic carbocycles. The molecule has 3 aromatic rings. The van der Waals surface area contributed by atoms with Gasteiger partial charge in [0.1, 0.15) is 5.82 Å². The van der Waals surface area contributed by atoms with Gasteiger partial charge in [-0.05, 0) is 55.8 Å². The van der Waals surface area contributed by atoms with Crippen LogP contribution in [0.15, 0.2) is 61.3 Å². The Labute approximate surface area is 152 Å². The molecule has 0 bridgehead atoms. The first-order chi connectivity index (χ1) is 12.5. The molecule has 0 unspecified atom stereocenters. The largest absolute Gasteiger partial charge is 0.344 e. The SMILES string of the molecule is C=CC(=O)Nc1ccc2c(c1)c(C=Cc1ccc(F)cc1)cn2C(C)C. The second kappa shape index (κ2) is 7.40. The number of nitrogens with zero attached hydrogens (tertiary/aromatic N) is 1. The molecule has 0 saturated heterocycles. The first-order valence-electron chi connectivity index (χ1n) is 8.49. The van der Waals surface area contributed by atoms with Crippen LogP contribution < -0.4 is 5.32 Å². The predicted molar refractivity (Wildman–Crippen MR) is 106 cm³/mol. The molecule has 0 saturated carbocycles. The fraction of sp³-hybridized carbons (Fsp3) is 0.136. The van der Waals surface area contributed by atoms with E-state index in [1.54, 1.807) is 12.1 Å². The normalized spacial score (nSPS) is 11.4. The van der Waals surface area contributed by atoms with E-state index in [0.717, 1.165) is 27.7 Å². The number of carbonyl (C=O) groups is 1. The number of fused-ring (bicyclic) bond motifs is 1. The van der Waals surface area contributed by atoms with E-state index in [9.17, 15) is 9.18 Å². The monoisotopic (exact) mass is 348 g/mol. The number of halogens is 1. The molecule has 0 fully saturated rings. The number of carbonyl (C=O) groups excluding carboxylic acids is 1. The molecule has 0 radical (unpaired) electrons. The average molecular weight is 348 g/mol. The lowest BCUT2D eigenvalue weighted by atomic mass is 10.1. The number of hydrogen-bond donors (Lipinski definition) is 1. The average Bonchev–Trinajstić information content (AvgIpc) is 2.99. The molecule has 26 heavy (non-hydrogen) atoms. The molecule has 0 atom stereocenters. The topological polar surface area (TPSA) is 34.0 Å². The number of rotatable bonds is 5. The van der Waals surface area contributed by atoms with Crippen molar-refractivity contribution in [3.8, 4) is 0 Å². The van der Waals surface area contributed by atoms with Crippen molar-refractivity contribution in [2.75, 3.05) is 5.32 Å². The summed E-state index contributed by atoms with van der Waals surface area (Å²) < 4.78 is 15.3. The molecule has 0 aliphatic rings. The van der Waals surface area contributed by atoms with Gasteiger partial charge in [-0.1, -0.05) is 30.9 Å². The van der Waals surface area contributed by atoms with Crippen molar-refractivity contribution in [3.05, 3.63) is 78.3 Å². The van der Waals surface area contributed by atoms with Crippen molar-refractivity contribution in [1.29, 1.82) is 0 Å². The van der Waals surface area contributed by atoms with Gasteiger partial charge in [0.2, 0.25) is 5.91 Å². The van der Waals surface area contributed by atoms with E-state index in [4.69, 9.17) is 0 Å². The number of anilines is 1. The van der Waals surface area contributed by atoms with Gasteiger partial charge in [0.15, 0.2) is 0 Å². The zero-order valence-electron chi connectivity index (χ0n) is 14.9. The summed E-state index contributed by atoms with van der Waals surface area (Å²) in [7, 11) is 0. The molecule has 4 heteroatoms. The smallest absolute Gasteiger partial charge is 0.247 e. The summed E-state index contributed by atoms with van der Waals surface area (Å²) in [5, 5.41) is 3.84. The summed E-state index contributed by atoms with van der Waals surface area (Å²) in [5.74, 6) is -0.489. The molecule has 3 nitrogen and oxygen atoms in total. The maximum Gasteiger partial charge on any atom is 0.247 e. The summed E-state index contributed by atoms with van der Waals surface area (Å²) in [6, 6.07) is 12.5. The third kappa shape index (κ3) is 3.75. The highest BCUT2D eigenvalue weighted by Gasteiger charge is 2.10. The highest BCUT2D eigenvalue weighted by Crippen LogP contribution is 2.29. The Hall–Kier alpha value is -3.14. The molecule has 1 aromatic heterocycles. The van der Waals surface area contributed by atoms with Crippen molar-refractivity contribution < 1.29 is 9.18 Å². The summed E-state index contributed by atoms with van der Waals surface area (Å²) in [4.78, 5) is 11.6. The Morgan fingerprint density at radius 3 is 2.54 bits per heavy atom. The Bertz CT molecular complexity index is 981. The lowest BCUT2D eigenvalue weighted by Gasteiger charge is -2.09. The Balaban J connectivity index is 2.04. The van der Waals surface area contributed by atoms with Crippen LogP contribution in [0.25, 0.3) is 23.1 Å². The van der Waals surface area contributed by atoms with Crippen molar-refractivity contribution >= 4 is 34.6 Å². The maximum atomic E-state index is 13.1. The maximum absolute atomic E-state index is 13.1. The van der Waals surface area contributed by atoms with E-state index in [0.29, 0.717) is 6.04 Å². The molecular formula is C22H21FN2O. The Morgan fingerprint density at radius 1 is 1.15 bits per heavy atom. The second-order valence-electron chi connectivity index (χ2n) is 6.40. The zero-order chi connectivity index (χ0) is 18.7. The van der Waals surface area contributed by atoms with Crippen LogP contribution >= 0.6 is 0 Å². The van der Waals surface area contributed by atoms with E-state index in [2.05, 4.69) is 36.5 Å². The fourth-order valence-corrected chi connectivity index (χ4v) is 2.87. The summed E-state index contributed by atoms with van der Waals surface area (Å²) in [5.41, 5.74) is 3.77. The lowest BCUT2D eigenvalue weighted by molar-refractivity contribution is -0.111.